The van der Waals surface area contributed by atoms with E-state index in [0.717, 1.165) is 29.4 Å². The first-order valence-electron chi connectivity index (χ1n) is 11.0. The van der Waals surface area contributed by atoms with Gasteiger partial charge in [-0.15, -0.1) is 0 Å². The number of amides is 2. The van der Waals surface area contributed by atoms with Crippen LogP contribution in [0.5, 0.6) is 0 Å². The van der Waals surface area contributed by atoms with Crippen LogP contribution in [-0.4, -0.2) is 54.3 Å². The van der Waals surface area contributed by atoms with Crippen LogP contribution in [-0.2, 0) is 23.9 Å². The van der Waals surface area contributed by atoms with Crippen molar-refractivity contribution in [3.05, 3.63) is 59.7 Å². The van der Waals surface area contributed by atoms with Crippen LogP contribution in [0.15, 0.2) is 48.5 Å². The monoisotopic (exact) mass is 466 g/mol. The van der Waals surface area contributed by atoms with E-state index in [0.29, 0.717) is 12.8 Å². The van der Waals surface area contributed by atoms with Crippen molar-refractivity contribution in [3.63, 3.8) is 0 Å². The number of hydrogen-bond donors (Lipinski definition) is 3. The lowest BCUT2D eigenvalue weighted by atomic mass is 9.98. The van der Waals surface area contributed by atoms with Gasteiger partial charge in [-0.1, -0.05) is 48.5 Å². The minimum absolute atomic E-state index is 0.0775. The molecule has 178 valence electrons. The van der Waals surface area contributed by atoms with Gasteiger partial charge in [0.2, 0.25) is 5.91 Å². The highest BCUT2D eigenvalue weighted by molar-refractivity contribution is 5.88. The third-order valence-electron chi connectivity index (χ3n) is 6.30. The van der Waals surface area contributed by atoms with Crippen LogP contribution >= 0.6 is 0 Å². The summed E-state index contributed by atoms with van der Waals surface area (Å²) in [7, 11) is 1.14. The standard InChI is InChI=1S/C25H26N2O7/c1-33-22(29)12-20(23(30)31)26-21(28)13-25(10-11-25)27-24(32)34-14-19-17-8-4-2-6-15(17)16-7-3-5-9-18(16)19/h2-9,19-20H,10-14H2,1H3,(H,26,28)(H,27,32)(H,30,31)/t20-/m1/s1. The lowest BCUT2D eigenvalue weighted by Gasteiger charge is -2.20. The molecule has 0 aliphatic heterocycles. The van der Waals surface area contributed by atoms with Crippen molar-refractivity contribution in [1.82, 2.24) is 10.6 Å². The summed E-state index contributed by atoms with van der Waals surface area (Å²) in [6.45, 7) is 0.155. The van der Waals surface area contributed by atoms with Crippen LogP contribution in [0, 0.1) is 0 Å². The summed E-state index contributed by atoms with van der Waals surface area (Å²) in [5, 5.41) is 14.3. The summed E-state index contributed by atoms with van der Waals surface area (Å²) in [6, 6.07) is 14.6. The van der Waals surface area contributed by atoms with Crippen LogP contribution < -0.4 is 10.6 Å². The molecule has 9 heteroatoms. The van der Waals surface area contributed by atoms with E-state index in [9.17, 15) is 24.3 Å². The fourth-order valence-corrected chi connectivity index (χ4v) is 4.35. The minimum atomic E-state index is -1.40. The Balaban J connectivity index is 1.33. The second kappa shape index (κ2) is 9.54. The van der Waals surface area contributed by atoms with Gasteiger partial charge in [-0.3, -0.25) is 9.59 Å². The second-order valence-electron chi connectivity index (χ2n) is 8.65. The number of hydrogen-bond acceptors (Lipinski definition) is 6. The first-order chi connectivity index (χ1) is 16.3. The zero-order valence-electron chi connectivity index (χ0n) is 18.7. The molecule has 1 fully saturated rings. The summed E-state index contributed by atoms with van der Waals surface area (Å²) in [5.41, 5.74) is 3.68. The number of aliphatic carboxylic acids is 1. The number of carboxylic acids is 1. The molecule has 2 aliphatic rings. The minimum Gasteiger partial charge on any atom is -0.480 e. The molecule has 1 atom stereocenters. The van der Waals surface area contributed by atoms with Crippen LogP contribution in [0.2, 0.25) is 0 Å². The number of ether oxygens (including phenoxy) is 2. The molecule has 0 heterocycles. The number of carboxylic acid groups (broad SMARTS) is 1. The van der Waals surface area contributed by atoms with Crippen molar-refractivity contribution in [2.24, 2.45) is 0 Å². The Hall–Kier alpha value is -3.88. The second-order valence-corrected chi connectivity index (χ2v) is 8.65. The quantitative estimate of drug-likeness (QED) is 0.484. The fourth-order valence-electron chi connectivity index (χ4n) is 4.35. The number of nitrogens with one attached hydrogen (secondary N) is 2. The Labute approximate surface area is 196 Å². The van der Waals surface area contributed by atoms with Gasteiger partial charge < -0.3 is 25.2 Å². The van der Waals surface area contributed by atoms with Crippen molar-refractivity contribution in [2.45, 2.75) is 43.2 Å². The van der Waals surface area contributed by atoms with Gasteiger partial charge in [-0.25, -0.2) is 9.59 Å². The SMILES string of the molecule is COC(=O)C[C@@H](NC(=O)CC1(NC(=O)OCC2c3ccccc3-c3ccccc32)CC1)C(=O)O. The number of esters is 1. The normalized spacial score (nSPS) is 15.9. The average Bonchev–Trinajstić information content (AvgIpc) is 3.48. The van der Waals surface area contributed by atoms with E-state index in [-0.39, 0.29) is 18.9 Å². The lowest BCUT2D eigenvalue weighted by Crippen LogP contribution is -2.46. The maximum Gasteiger partial charge on any atom is 0.407 e. The smallest absolute Gasteiger partial charge is 0.407 e. The van der Waals surface area contributed by atoms with Crippen molar-refractivity contribution in [3.8, 4) is 11.1 Å². The predicted octanol–water partition coefficient (Wildman–Crippen LogP) is 2.58. The number of rotatable bonds is 9. The molecule has 0 spiro atoms. The third kappa shape index (κ3) is 5.03. The first-order valence-corrected chi connectivity index (χ1v) is 11.0. The van der Waals surface area contributed by atoms with Gasteiger partial charge >= 0.3 is 18.0 Å². The van der Waals surface area contributed by atoms with Crippen LogP contribution in [0.3, 0.4) is 0 Å². The number of benzene rings is 2. The number of carbonyl (C=O) groups is 4. The van der Waals surface area contributed by atoms with Gasteiger partial charge in [0.15, 0.2) is 0 Å². The van der Waals surface area contributed by atoms with E-state index >= 15 is 0 Å². The van der Waals surface area contributed by atoms with Gasteiger partial charge in [0.25, 0.3) is 0 Å². The Bertz CT molecular complexity index is 1080. The summed E-state index contributed by atoms with van der Waals surface area (Å²) < 4.78 is 10.0. The predicted molar refractivity (Wildman–Crippen MR) is 121 cm³/mol. The molecule has 34 heavy (non-hydrogen) atoms. The van der Waals surface area contributed by atoms with Gasteiger partial charge in [0, 0.05) is 12.3 Å². The van der Waals surface area contributed by atoms with E-state index < -0.39 is 41.9 Å². The largest absolute Gasteiger partial charge is 0.480 e. The molecular formula is C25H26N2O7. The van der Waals surface area contributed by atoms with Crippen molar-refractivity contribution < 1.29 is 33.8 Å². The molecule has 3 N–H and O–H groups in total. The molecule has 4 rings (SSSR count). The van der Waals surface area contributed by atoms with Crippen LogP contribution in [0.4, 0.5) is 4.79 Å². The van der Waals surface area contributed by atoms with Crippen molar-refractivity contribution >= 4 is 23.9 Å². The van der Waals surface area contributed by atoms with Crippen molar-refractivity contribution in [2.75, 3.05) is 13.7 Å². The first kappa shape index (κ1) is 23.3. The Morgan fingerprint density at radius 2 is 1.62 bits per heavy atom. The van der Waals surface area contributed by atoms with Gasteiger partial charge in [0.1, 0.15) is 12.6 Å². The van der Waals surface area contributed by atoms with E-state index in [4.69, 9.17) is 4.74 Å². The van der Waals surface area contributed by atoms with E-state index in [1.54, 1.807) is 0 Å². The maximum absolute atomic E-state index is 12.6. The lowest BCUT2D eigenvalue weighted by molar-refractivity contribution is -0.148. The molecule has 0 aromatic heterocycles. The highest BCUT2D eigenvalue weighted by atomic mass is 16.5. The molecule has 1 saturated carbocycles. The summed E-state index contributed by atoms with van der Waals surface area (Å²) in [5.74, 6) is -2.74. The number of fused-ring (bicyclic) bond motifs is 3. The van der Waals surface area contributed by atoms with Crippen LogP contribution in [0.1, 0.15) is 42.7 Å². The Morgan fingerprint density at radius 3 is 2.15 bits per heavy atom. The molecule has 2 aliphatic carbocycles. The molecule has 0 unspecified atom stereocenters. The number of alkyl carbamates (subject to hydrolysis) is 1. The Morgan fingerprint density at radius 1 is 1.03 bits per heavy atom. The van der Waals surface area contributed by atoms with Gasteiger partial charge in [0.05, 0.1) is 19.1 Å². The molecule has 2 amide bonds. The maximum atomic E-state index is 12.6. The Kier molecular flexibility index (Phi) is 6.54. The molecule has 2 aromatic rings. The molecule has 2 aromatic carbocycles. The summed E-state index contributed by atoms with van der Waals surface area (Å²) >= 11 is 0. The summed E-state index contributed by atoms with van der Waals surface area (Å²) in [6.07, 6.45) is -0.0814. The number of carbonyl (C=O) groups excluding carboxylic acids is 3. The molecule has 0 bridgehead atoms. The van der Waals surface area contributed by atoms with E-state index in [1.807, 2.05) is 36.4 Å². The highest BCUT2D eigenvalue weighted by Crippen LogP contribution is 2.44. The molecular weight excluding hydrogens is 440 g/mol. The highest BCUT2D eigenvalue weighted by Gasteiger charge is 2.46. The van der Waals surface area contributed by atoms with E-state index in [1.165, 1.54) is 0 Å². The zero-order valence-corrected chi connectivity index (χ0v) is 18.7. The molecule has 0 radical (unpaired) electrons. The van der Waals surface area contributed by atoms with Gasteiger partial charge in [-0.05, 0) is 35.1 Å². The third-order valence-corrected chi connectivity index (χ3v) is 6.30. The van der Waals surface area contributed by atoms with Crippen LogP contribution in [0.25, 0.3) is 11.1 Å². The molecule has 0 saturated heterocycles. The summed E-state index contributed by atoms with van der Waals surface area (Å²) in [4.78, 5) is 47.6. The molecule has 9 nitrogen and oxygen atoms in total. The zero-order chi connectivity index (χ0) is 24.3. The topological polar surface area (TPSA) is 131 Å². The fraction of sp³-hybridized carbons (Fsp3) is 0.360. The van der Waals surface area contributed by atoms with Gasteiger partial charge in [-0.2, -0.15) is 0 Å². The van der Waals surface area contributed by atoms with E-state index in [2.05, 4.69) is 27.5 Å². The average molecular weight is 466 g/mol. The number of methoxy groups -OCH3 is 1. The van der Waals surface area contributed by atoms with Crippen molar-refractivity contribution in [1.29, 1.82) is 0 Å².